The van der Waals surface area contributed by atoms with Crippen molar-refractivity contribution >= 4 is 0 Å². The molecule has 0 unspecified atom stereocenters. The van der Waals surface area contributed by atoms with Gasteiger partial charge in [0.05, 0.1) is 0 Å². The van der Waals surface area contributed by atoms with Gasteiger partial charge in [-0.2, -0.15) is 0 Å². The highest BCUT2D eigenvalue weighted by molar-refractivity contribution is 5.04. The van der Waals surface area contributed by atoms with Gasteiger partial charge in [-0.05, 0) is 19.3 Å². The van der Waals surface area contributed by atoms with Gasteiger partial charge in [0.15, 0.2) is 0 Å². The summed E-state index contributed by atoms with van der Waals surface area (Å²) in [6.45, 7) is 1.57. The Morgan fingerprint density at radius 3 is 2.71 bits per heavy atom. The third-order valence-corrected chi connectivity index (χ3v) is 3.59. The van der Waals surface area contributed by atoms with Crippen molar-refractivity contribution in [3.63, 3.8) is 0 Å². The lowest BCUT2D eigenvalue weighted by molar-refractivity contribution is -0.00881. The first-order valence-corrected chi connectivity index (χ1v) is 5.62. The maximum absolute atomic E-state index is 11.6. The molecule has 6 heteroatoms. The average Bonchev–Trinajstić information content (AvgIpc) is 2.25. The monoisotopic (exact) mass is 240 g/mol. The van der Waals surface area contributed by atoms with E-state index in [1.54, 1.807) is 6.92 Å². The number of aliphatic hydroxyl groups is 2. The predicted molar refractivity (Wildman–Crippen MR) is 60.9 cm³/mol. The molecule has 0 aromatic carbocycles. The van der Waals surface area contributed by atoms with Crippen LogP contribution in [0.15, 0.2) is 15.8 Å². The number of aromatic nitrogens is 2. The van der Waals surface area contributed by atoms with Gasteiger partial charge >= 0.3 is 5.69 Å². The number of aliphatic hydroxyl groups excluding tert-OH is 2. The smallest absolute Gasteiger partial charge is 0.328 e. The van der Waals surface area contributed by atoms with Crippen molar-refractivity contribution in [3.05, 3.63) is 32.6 Å². The summed E-state index contributed by atoms with van der Waals surface area (Å²) in [5.41, 5.74) is -0.376. The molecule has 6 nitrogen and oxygen atoms in total. The molecule has 94 valence electrons. The Morgan fingerprint density at radius 1 is 1.41 bits per heavy atom. The molecule has 0 saturated heterocycles. The van der Waals surface area contributed by atoms with Gasteiger partial charge in [0, 0.05) is 36.9 Å². The summed E-state index contributed by atoms with van der Waals surface area (Å²) in [7, 11) is 0. The predicted octanol–water partition coefficient (Wildman–Crippen LogP) is -0.993. The van der Waals surface area contributed by atoms with E-state index >= 15 is 0 Å². The van der Waals surface area contributed by atoms with Gasteiger partial charge in [0.1, 0.15) is 0 Å². The van der Waals surface area contributed by atoms with Crippen LogP contribution in [0.5, 0.6) is 0 Å². The summed E-state index contributed by atoms with van der Waals surface area (Å²) >= 11 is 0. The zero-order valence-corrected chi connectivity index (χ0v) is 9.59. The van der Waals surface area contributed by atoms with Crippen LogP contribution in [-0.4, -0.2) is 33.0 Å². The summed E-state index contributed by atoms with van der Waals surface area (Å²) in [4.78, 5) is 25.1. The van der Waals surface area contributed by atoms with Crippen LogP contribution < -0.4 is 11.2 Å². The number of aromatic amines is 1. The Kier molecular flexibility index (Phi) is 3.17. The molecule has 1 aromatic rings. The van der Waals surface area contributed by atoms with E-state index in [-0.39, 0.29) is 36.7 Å². The average molecular weight is 240 g/mol. The highest BCUT2D eigenvalue weighted by atomic mass is 16.3. The molecule has 1 aromatic heterocycles. The van der Waals surface area contributed by atoms with Gasteiger partial charge in [0.2, 0.25) is 0 Å². The number of aryl methyl sites for hydroxylation is 1. The van der Waals surface area contributed by atoms with Crippen LogP contribution in [0.4, 0.5) is 0 Å². The van der Waals surface area contributed by atoms with Gasteiger partial charge in [-0.25, -0.2) is 4.79 Å². The Morgan fingerprint density at radius 2 is 2.12 bits per heavy atom. The highest BCUT2D eigenvalue weighted by Gasteiger charge is 2.41. The zero-order chi connectivity index (χ0) is 12.6. The second-order valence-electron chi connectivity index (χ2n) is 4.57. The topological polar surface area (TPSA) is 95.3 Å². The molecule has 0 radical (unpaired) electrons. The summed E-state index contributed by atoms with van der Waals surface area (Å²) < 4.78 is 1.45. The molecule has 3 N–H and O–H groups in total. The minimum absolute atomic E-state index is 0.0127. The minimum Gasteiger partial charge on any atom is -0.396 e. The van der Waals surface area contributed by atoms with Gasteiger partial charge in [0.25, 0.3) is 5.56 Å². The molecular weight excluding hydrogens is 224 g/mol. The van der Waals surface area contributed by atoms with E-state index in [0.29, 0.717) is 12.0 Å². The molecule has 0 spiro atoms. The lowest BCUT2D eigenvalue weighted by atomic mass is 9.70. The van der Waals surface area contributed by atoms with Crippen LogP contribution in [0.3, 0.4) is 0 Å². The maximum atomic E-state index is 11.6. The van der Waals surface area contributed by atoms with Crippen molar-refractivity contribution in [2.75, 3.05) is 13.2 Å². The number of H-pyrrole nitrogens is 1. The molecule has 1 aliphatic rings. The maximum Gasteiger partial charge on any atom is 0.328 e. The third kappa shape index (κ3) is 1.94. The Labute approximate surface area is 97.5 Å². The molecule has 1 saturated carbocycles. The van der Waals surface area contributed by atoms with E-state index < -0.39 is 5.69 Å². The second-order valence-corrected chi connectivity index (χ2v) is 4.57. The third-order valence-electron chi connectivity index (χ3n) is 3.59. The van der Waals surface area contributed by atoms with Crippen molar-refractivity contribution in [3.8, 4) is 0 Å². The first kappa shape index (κ1) is 12.1. The normalized spacial score (nSPS) is 27.8. The summed E-state index contributed by atoms with van der Waals surface area (Å²) in [6, 6.07) is -0.139. The van der Waals surface area contributed by atoms with Gasteiger partial charge in [-0.1, -0.05) is 0 Å². The lowest BCUT2D eigenvalue weighted by Crippen LogP contribution is -2.47. The van der Waals surface area contributed by atoms with Crippen LogP contribution in [0.25, 0.3) is 0 Å². The van der Waals surface area contributed by atoms with E-state index in [1.165, 1.54) is 10.8 Å². The van der Waals surface area contributed by atoms with Gasteiger partial charge in [-0.3, -0.25) is 14.3 Å². The van der Waals surface area contributed by atoms with Crippen molar-refractivity contribution < 1.29 is 10.2 Å². The number of hydrogen-bond donors (Lipinski definition) is 3. The molecular formula is C11H16N2O4. The number of nitrogens with zero attached hydrogens (tertiary/aromatic N) is 1. The van der Waals surface area contributed by atoms with Crippen LogP contribution >= 0.6 is 0 Å². The van der Waals surface area contributed by atoms with Gasteiger partial charge in [-0.15, -0.1) is 0 Å². The molecule has 3 atom stereocenters. The fourth-order valence-corrected chi connectivity index (χ4v) is 2.41. The second kappa shape index (κ2) is 4.46. The van der Waals surface area contributed by atoms with E-state index in [4.69, 9.17) is 5.11 Å². The lowest BCUT2D eigenvalue weighted by Gasteiger charge is -2.43. The van der Waals surface area contributed by atoms with Crippen LogP contribution in [0, 0.1) is 18.8 Å². The number of rotatable bonds is 3. The zero-order valence-electron chi connectivity index (χ0n) is 9.59. The fraction of sp³-hybridized carbons (Fsp3) is 0.636. The van der Waals surface area contributed by atoms with Crippen molar-refractivity contribution in [1.82, 2.24) is 9.55 Å². The van der Waals surface area contributed by atoms with Crippen molar-refractivity contribution in [1.29, 1.82) is 0 Å². The van der Waals surface area contributed by atoms with Crippen molar-refractivity contribution in [2.45, 2.75) is 19.4 Å². The molecule has 1 heterocycles. The molecule has 0 amide bonds. The molecule has 0 aliphatic heterocycles. The first-order chi connectivity index (χ1) is 8.08. The minimum atomic E-state index is -0.458. The first-order valence-electron chi connectivity index (χ1n) is 5.62. The summed E-state index contributed by atoms with van der Waals surface area (Å²) in [5, 5.41) is 18.3. The molecule has 1 fully saturated rings. The molecule has 1 aliphatic carbocycles. The Bertz CT molecular complexity index is 519. The molecule has 2 rings (SSSR count). The van der Waals surface area contributed by atoms with Crippen LogP contribution in [0.2, 0.25) is 0 Å². The standard InChI is InChI=1S/C11H16N2O4/c1-6-3-13(11(17)12-10(6)16)9-2-7(4-14)8(9)5-15/h3,7-9,14-15H,2,4-5H2,1H3,(H,12,16,17)/t7-,8+,9-/m1/s1. The highest BCUT2D eigenvalue weighted by Crippen LogP contribution is 2.42. The summed E-state index contributed by atoms with van der Waals surface area (Å²) in [6.07, 6.45) is 2.16. The SMILES string of the molecule is Cc1cn([C@@H]2C[C@H](CO)[C@@H]2CO)c(=O)[nH]c1=O. The van der Waals surface area contributed by atoms with Gasteiger partial charge < -0.3 is 10.2 Å². The number of nitrogens with one attached hydrogen (secondary N) is 1. The van der Waals surface area contributed by atoms with Crippen molar-refractivity contribution in [2.24, 2.45) is 11.8 Å². The Balaban J connectivity index is 2.33. The van der Waals surface area contributed by atoms with E-state index in [1.807, 2.05) is 0 Å². The Hall–Kier alpha value is -1.40. The quantitative estimate of drug-likeness (QED) is 0.632. The largest absolute Gasteiger partial charge is 0.396 e. The molecule has 17 heavy (non-hydrogen) atoms. The fourth-order valence-electron chi connectivity index (χ4n) is 2.41. The van der Waals surface area contributed by atoms with Crippen LogP contribution in [0.1, 0.15) is 18.0 Å². The molecule has 0 bridgehead atoms. The van der Waals surface area contributed by atoms with E-state index in [2.05, 4.69) is 4.98 Å². The van der Waals surface area contributed by atoms with E-state index in [9.17, 15) is 14.7 Å². The summed E-state index contributed by atoms with van der Waals surface area (Å²) in [5.74, 6) is -0.0906. The number of hydrogen-bond acceptors (Lipinski definition) is 4. The van der Waals surface area contributed by atoms with E-state index in [0.717, 1.165) is 0 Å². The van der Waals surface area contributed by atoms with Crippen LogP contribution in [-0.2, 0) is 0 Å².